The van der Waals surface area contributed by atoms with Crippen LogP contribution in [0.2, 0.25) is 0 Å². The van der Waals surface area contributed by atoms with Crippen LogP contribution >= 0.6 is 0 Å². The highest BCUT2D eigenvalue weighted by Gasteiger charge is 2.31. The van der Waals surface area contributed by atoms with Crippen LogP contribution in [0.3, 0.4) is 0 Å². The molecule has 0 aliphatic carbocycles. The number of hydrogen-bond acceptors (Lipinski definition) is 8. The number of aromatic nitrogens is 1. The Morgan fingerprint density at radius 3 is 2.02 bits per heavy atom. The zero-order chi connectivity index (χ0) is 31.4. The maximum absolute atomic E-state index is 12.6. The maximum atomic E-state index is 12.6. The highest BCUT2D eigenvalue weighted by Crippen LogP contribution is 2.25. The SMILES string of the molecule is CC(c1cccnc1)N(C(=O)[O-])[C@@H](Cc1ccccc1)[C@H](O)CNC[C@@H](O)[C@H](Cc1ccccc1)NC(=O)OC(C)(C)C. The monoisotopic (exact) mass is 591 g/mol. The summed E-state index contributed by atoms with van der Waals surface area (Å²) in [5, 5.41) is 40.8. The lowest BCUT2D eigenvalue weighted by molar-refractivity contribution is -0.272. The molecule has 0 bridgehead atoms. The molecule has 10 heteroatoms. The molecule has 4 N–H and O–H groups in total. The Balaban J connectivity index is 1.74. The second-order valence-electron chi connectivity index (χ2n) is 11.6. The van der Waals surface area contributed by atoms with Crippen LogP contribution < -0.4 is 15.7 Å². The van der Waals surface area contributed by atoms with Gasteiger partial charge in [0, 0.05) is 25.5 Å². The van der Waals surface area contributed by atoms with Crippen LogP contribution in [-0.2, 0) is 17.6 Å². The molecule has 0 saturated heterocycles. The molecule has 0 spiro atoms. The third kappa shape index (κ3) is 11.0. The minimum Gasteiger partial charge on any atom is -0.530 e. The lowest BCUT2D eigenvalue weighted by Crippen LogP contribution is -2.56. The van der Waals surface area contributed by atoms with Crippen molar-refractivity contribution in [1.82, 2.24) is 20.5 Å². The van der Waals surface area contributed by atoms with Crippen molar-refractivity contribution in [3.05, 3.63) is 102 Å². The third-order valence-electron chi connectivity index (χ3n) is 7.06. The molecular formula is C33H43N4O6-. The van der Waals surface area contributed by atoms with Gasteiger partial charge < -0.3 is 40.4 Å². The Morgan fingerprint density at radius 1 is 0.907 bits per heavy atom. The molecule has 10 nitrogen and oxygen atoms in total. The number of benzene rings is 2. The number of nitrogens with one attached hydrogen (secondary N) is 2. The summed E-state index contributed by atoms with van der Waals surface area (Å²) in [5.41, 5.74) is 1.72. The second kappa shape index (κ2) is 16.0. The van der Waals surface area contributed by atoms with E-state index in [-0.39, 0.29) is 19.5 Å². The summed E-state index contributed by atoms with van der Waals surface area (Å²) < 4.78 is 5.40. The molecular weight excluding hydrogens is 548 g/mol. The standard InChI is InChI=1S/C33H44N4O6/c1-23(26-16-11-17-34-20-26)37(32(41)42)28(19-25-14-9-6-10-15-25)30(39)22-35-21-29(38)27(18-24-12-7-5-8-13-24)36-31(40)43-33(2,3)4/h5-17,20,23,27-30,35,38-39H,18-19,21-22H2,1-4H3,(H,36,40)(H,41,42)/p-1/t23?,27-,28-,29+,30+/m0/s1. The van der Waals surface area contributed by atoms with E-state index >= 15 is 0 Å². The molecule has 3 rings (SSSR count). The first kappa shape index (κ1) is 33.5. The molecule has 5 atom stereocenters. The van der Waals surface area contributed by atoms with Crippen molar-refractivity contribution >= 4 is 12.2 Å². The van der Waals surface area contributed by atoms with E-state index in [4.69, 9.17) is 4.74 Å². The number of carbonyl (C=O) groups is 2. The molecule has 3 aromatic rings. The van der Waals surface area contributed by atoms with Crippen LogP contribution in [-0.4, -0.2) is 75.3 Å². The van der Waals surface area contributed by atoms with Gasteiger partial charge in [-0.2, -0.15) is 0 Å². The lowest BCUT2D eigenvalue weighted by atomic mass is 9.96. The molecule has 2 aromatic carbocycles. The molecule has 0 saturated carbocycles. The molecule has 0 aliphatic heterocycles. The Morgan fingerprint density at radius 2 is 1.49 bits per heavy atom. The summed E-state index contributed by atoms with van der Waals surface area (Å²) in [6.45, 7) is 7.00. The zero-order valence-electron chi connectivity index (χ0n) is 25.2. The summed E-state index contributed by atoms with van der Waals surface area (Å²) in [4.78, 5) is 30.3. The summed E-state index contributed by atoms with van der Waals surface area (Å²) in [6.07, 6.45) is -0.482. The molecule has 1 heterocycles. The van der Waals surface area contributed by atoms with E-state index in [0.717, 1.165) is 16.0 Å². The Labute approximate surface area is 253 Å². The van der Waals surface area contributed by atoms with Crippen LogP contribution in [0.5, 0.6) is 0 Å². The predicted octanol–water partition coefficient (Wildman–Crippen LogP) is 2.85. The van der Waals surface area contributed by atoms with Gasteiger partial charge in [-0.05, 0) is 63.3 Å². The van der Waals surface area contributed by atoms with E-state index in [0.29, 0.717) is 12.0 Å². The third-order valence-corrected chi connectivity index (χ3v) is 7.06. The summed E-state index contributed by atoms with van der Waals surface area (Å²) in [5.74, 6) is 0. The van der Waals surface area contributed by atoms with Crippen LogP contribution in [0.15, 0.2) is 85.2 Å². The van der Waals surface area contributed by atoms with Crippen LogP contribution in [0, 0.1) is 0 Å². The predicted molar refractivity (Wildman–Crippen MR) is 162 cm³/mol. The van der Waals surface area contributed by atoms with Crippen molar-refractivity contribution < 1.29 is 29.6 Å². The first-order valence-electron chi connectivity index (χ1n) is 14.5. The smallest absolute Gasteiger partial charge is 0.407 e. The van der Waals surface area contributed by atoms with E-state index in [1.807, 2.05) is 60.7 Å². The summed E-state index contributed by atoms with van der Waals surface area (Å²) >= 11 is 0. The fourth-order valence-electron chi connectivity index (χ4n) is 4.91. The Kier molecular flexibility index (Phi) is 12.5. The molecule has 1 aromatic heterocycles. The average Bonchev–Trinajstić information content (AvgIpc) is 2.96. The van der Waals surface area contributed by atoms with Crippen molar-refractivity contribution in [3.63, 3.8) is 0 Å². The van der Waals surface area contributed by atoms with Crippen molar-refractivity contribution in [3.8, 4) is 0 Å². The zero-order valence-corrected chi connectivity index (χ0v) is 25.2. The normalized spacial score (nSPS) is 15.0. The van der Waals surface area contributed by atoms with Crippen LogP contribution in [0.4, 0.5) is 9.59 Å². The van der Waals surface area contributed by atoms with Crippen molar-refractivity contribution in [2.75, 3.05) is 13.1 Å². The van der Waals surface area contributed by atoms with E-state index in [1.165, 1.54) is 0 Å². The number of amides is 2. The second-order valence-corrected chi connectivity index (χ2v) is 11.6. The highest BCUT2D eigenvalue weighted by atomic mass is 16.6. The average molecular weight is 592 g/mol. The van der Waals surface area contributed by atoms with Gasteiger partial charge in [0.15, 0.2) is 0 Å². The van der Waals surface area contributed by atoms with Gasteiger partial charge in [0.05, 0.1) is 30.3 Å². The van der Waals surface area contributed by atoms with Gasteiger partial charge in [0.25, 0.3) is 0 Å². The number of ether oxygens (including phenoxy) is 1. The van der Waals surface area contributed by atoms with Crippen molar-refractivity contribution in [1.29, 1.82) is 0 Å². The van der Waals surface area contributed by atoms with Crippen molar-refractivity contribution in [2.45, 2.75) is 76.5 Å². The molecule has 43 heavy (non-hydrogen) atoms. The van der Waals surface area contributed by atoms with Crippen molar-refractivity contribution in [2.24, 2.45) is 0 Å². The number of pyridine rings is 1. The minimum atomic E-state index is -1.42. The number of hydrogen-bond donors (Lipinski definition) is 4. The summed E-state index contributed by atoms with van der Waals surface area (Å²) in [6, 6.07) is 20.1. The van der Waals surface area contributed by atoms with Gasteiger partial charge in [-0.25, -0.2) is 4.79 Å². The van der Waals surface area contributed by atoms with Crippen LogP contribution in [0.1, 0.15) is 50.4 Å². The maximum Gasteiger partial charge on any atom is 0.407 e. The molecule has 0 aliphatic rings. The first-order valence-corrected chi connectivity index (χ1v) is 14.5. The fourth-order valence-corrected chi connectivity index (χ4v) is 4.91. The molecule has 232 valence electrons. The number of carbonyl (C=O) groups excluding carboxylic acids is 2. The topological polar surface area (TPSA) is 147 Å². The lowest BCUT2D eigenvalue weighted by Gasteiger charge is -2.41. The van der Waals surface area contributed by atoms with Gasteiger partial charge in [-0.1, -0.05) is 66.7 Å². The van der Waals surface area contributed by atoms with Gasteiger partial charge in [0.2, 0.25) is 0 Å². The van der Waals surface area contributed by atoms with Gasteiger partial charge in [-0.3, -0.25) is 4.98 Å². The van der Waals surface area contributed by atoms with E-state index < -0.39 is 48.1 Å². The Hall–Kier alpha value is -3.99. The largest absolute Gasteiger partial charge is 0.530 e. The molecule has 2 amide bonds. The molecule has 1 unspecified atom stereocenters. The number of carboxylic acid groups (broad SMARTS) is 1. The fraction of sp³-hybridized carbons (Fsp3) is 0.424. The number of alkyl carbamates (subject to hydrolysis) is 1. The van der Waals surface area contributed by atoms with Crippen LogP contribution in [0.25, 0.3) is 0 Å². The van der Waals surface area contributed by atoms with E-state index in [1.54, 1.807) is 52.2 Å². The number of rotatable bonds is 14. The number of nitrogens with zero attached hydrogens (tertiary/aromatic N) is 2. The first-order chi connectivity index (χ1) is 20.4. The highest BCUT2D eigenvalue weighted by molar-refractivity contribution is 5.68. The Bertz CT molecular complexity index is 1260. The van der Waals surface area contributed by atoms with E-state index in [2.05, 4.69) is 15.6 Å². The van der Waals surface area contributed by atoms with Gasteiger partial charge >= 0.3 is 6.09 Å². The minimum absolute atomic E-state index is 0.0197. The summed E-state index contributed by atoms with van der Waals surface area (Å²) in [7, 11) is 0. The molecule has 0 radical (unpaired) electrons. The quantitative estimate of drug-likeness (QED) is 0.224. The number of aliphatic hydroxyl groups excluding tert-OH is 2. The van der Waals surface area contributed by atoms with Gasteiger partial charge in [0.1, 0.15) is 11.7 Å². The number of aliphatic hydroxyl groups is 2. The van der Waals surface area contributed by atoms with E-state index in [9.17, 15) is 24.9 Å². The van der Waals surface area contributed by atoms with Gasteiger partial charge in [-0.15, -0.1) is 0 Å². The molecule has 0 fully saturated rings.